The number of imidazole rings is 1. The second-order valence-corrected chi connectivity index (χ2v) is 11.4. The molecule has 0 aromatic carbocycles. The van der Waals surface area contributed by atoms with Crippen LogP contribution in [0.15, 0.2) is 0 Å². The van der Waals surface area contributed by atoms with Crippen molar-refractivity contribution in [3.05, 3.63) is 15.2 Å². The van der Waals surface area contributed by atoms with E-state index in [2.05, 4.69) is 75.5 Å². The molecule has 7 heteroatoms. The summed E-state index contributed by atoms with van der Waals surface area (Å²) in [7, 11) is 0. The van der Waals surface area contributed by atoms with E-state index in [9.17, 15) is 0 Å². The van der Waals surface area contributed by atoms with Crippen molar-refractivity contribution in [1.29, 1.82) is 0 Å². The Labute approximate surface area is 175 Å². The molecule has 102 valence electrons. The minimum absolute atomic E-state index is 0.000726. The summed E-state index contributed by atoms with van der Waals surface area (Å²) < 4.78 is 18.6. The zero-order chi connectivity index (χ0) is 14.7. The molecule has 0 saturated carbocycles. The van der Waals surface area contributed by atoms with Gasteiger partial charge in [0.1, 0.15) is 0 Å². The molecule has 0 N–H and O–H groups in total. The van der Waals surface area contributed by atoms with E-state index in [4.69, 9.17) is 0 Å². The van der Waals surface area contributed by atoms with Crippen molar-refractivity contribution in [1.82, 2.24) is 14.5 Å². The van der Waals surface area contributed by atoms with Crippen molar-refractivity contribution < 1.29 is 4.39 Å². The SMILES string of the molecule is Cc1nc(I)c2n1[C](C)([K])C(I)N(C(C)C)C2(C)F. The number of aryl methyl sites for hydroxylation is 1. The van der Waals surface area contributed by atoms with Crippen LogP contribution in [0.3, 0.4) is 0 Å². The first-order valence-corrected chi connectivity index (χ1v) is 10.3. The molecule has 0 fully saturated rings. The van der Waals surface area contributed by atoms with Crippen LogP contribution >= 0.6 is 45.2 Å². The topological polar surface area (TPSA) is 21.1 Å². The van der Waals surface area contributed by atoms with E-state index in [1.54, 1.807) is 6.92 Å². The predicted molar refractivity (Wildman–Crippen MR) is 92.3 cm³/mol. The number of hydrogen-bond donors (Lipinski definition) is 0. The van der Waals surface area contributed by atoms with Crippen molar-refractivity contribution in [2.75, 3.05) is 0 Å². The molecule has 3 unspecified atom stereocenters. The molecule has 1 aliphatic heterocycles. The van der Waals surface area contributed by atoms with Gasteiger partial charge in [0.25, 0.3) is 0 Å². The molecule has 1 aromatic heterocycles. The molecule has 3 nitrogen and oxygen atoms in total. The van der Waals surface area contributed by atoms with Crippen molar-refractivity contribution >= 4 is 94.1 Å². The third kappa shape index (κ3) is 2.65. The molecule has 0 saturated heterocycles. The summed E-state index contributed by atoms with van der Waals surface area (Å²) in [4.78, 5) is 6.52. The second-order valence-electron chi connectivity index (χ2n) is 6.08. The normalized spacial score (nSPS) is 35.8. The summed E-state index contributed by atoms with van der Waals surface area (Å²) in [5.41, 5.74) is 0.739. The van der Waals surface area contributed by atoms with E-state index in [1.807, 2.05) is 11.8 Å². The number of rotatable bonds is 1. The van der Waals surface area contributed by atoms with Gasteiger partial charge in [-0.2, -0.15) is 0 Å². The monoisotopic (exact) mass is 515 g/mol. The molecule has 0 radical (unpaired) electrons. The summed E-state index contributed by atoms with van der Waals surface area (Å²) in [6.07, 6.45) is 0. The Hall–Kier alpha value is 2.20. The van der Waals surface area contributed by atoms with Gasteiger partial charge in [0.2, 0.25) is 0 Å². The van der Waals surface area contributed by atoms with E-state index in [0.29, 0.717) is 49.0 Å². The van der Waals surface area contributed by atoms with Crippen LogP contribution in [0, 0.1) is 10.6 Å². The van der Waals surface area contributed by atoms with Gasteiger partial charge in [0, 0.05) is 0 Å². The molecule has 19 heavy (non-hydrogen) atoms. The molecule has 1 aromatic rings. The molecule has 0 bridgehead atoms. The van der Waals surface area contributed by atoms with Gasteiger partial charge in [-0.05, 0) is 0 Å². The zero-order valence-electron chi connectivity index (χ0n) is 12.1. The fourth-order valence-corrected chi connectivity index (χ4v) is 6.94. The molecular formula is C12H17FI2KN3. The van der Waals surface area contributed by atoms with Crippen LogP contribution < -0.4 is 0 Å². The van der Waals surface area contributed by atoms with Crippen LogP contribution in [0.25, 0.3) is 0 Å². The first kappa shape index (κ1) is 17.5. The maximum absolute atomic E-state index is 15.5. The van der Waals surface area contributed by atoms with E-state index in [0.717, 1.165) is 15.2 Å². The quantitative estimate of drug-likeness (QED) is 0.248. The van der Waals surface area contributed by atoms with Gasteiger partial charge < -0.3 is 0 Å². The number of aromatic nitrogens is 2. The third-order valence-corrected chi connectivity index (χ3v) is 10.1. The molecule has 0 spiro atoms. The predicted octanol–water partition coefficient (Wildman–Crippen LogP) is 3.26. The summed E-state index contributed by atoms with van der Waals surface area (Å²) in [5, 5.41) is 0. The van der Waals surface area contributed by atoms with Crippen LogP contribution in [0.5, 0.6) is 0 Å². The third-order valence-electron chi connectivity index (χ3n) is 3.88. The van der Waals surface area contributed by atoms with Gasteiger partial charge in [-0.1, -0.05) is 0 Å². The number of fused-ring (bicyclic) bond motifs is 1. The Morgan fingerprint density at radius 1 is 1.42 bits per heavy atom. The Morgan fingerprint density at radius 2 is 1.95 bits per heavy atom. The molecule has 3 atom stereocenters. The Bertz CT molecular complexity index is 513. The van der Waals surface area contributed by atoms with E-state index in [1.165, 1.54) is 0 Å². The van der Waals surface area contributed by atoms with E-state index in [-0.39, 0.29) is 9.72 Å². The molecule has 2 heterocycles. The Balaban J connectivity index is 2.78. The molecule has 0 aliphatic carbocycles. The fourth-order valence-electron chi connectivity index (χ4n) is 3.13. The minimum atomic E-state index is -1.46. The summed E-state index contributed by atoms with van der Waals surface area (Å²) >= 11 is 5.10. The number of hydrogen-bond acceptors (Lipinski definition) is 2. The Morgan fingerprint density at radius 3 is 2.42 bits per heavy atom. The number of nitrogens with zero attached hydrogens (tertiary/aromatic N) is 3. The first-order chi connectivity index (χ1) is 8.52. The van der Waals surface area contributed by atoms with Gasteiger partial charge in [-0.25, -0.2) is 0 Å². The van der Waals surface area contributed by atoms with Crippen LogP contribution in [-0.4, -0.2) is 73.5 Å². The van der Waals surface area contributed by atoms with Gasteiger partial charge in [-0.15, -0.1) is 0 Å². The number of alkyl halides is 2. The molecule has 2 rings (SSSR count). The molecule has 0 amide bonds. The van der Waals surface area contributed by atoms with Crippen LogP contribution in [0.1, 0.15) is 39.2 Å². The summed E-state index contributed by atoms with van der Waals surface area (Å²) in [6, 6.07) is 0.165. The van der Waals surface area contributed by atoms with E-state index >= 15 is 4.39 Å². The van der Waals surface area contributed by atoms with Crippen LogP contribution in [0.4, 0.5) is 4.39 Å². The van der Waals surface area contributed by atoms with Gasteiger partial charge in [-0.3, -0.25) is 0 Å². The fraction of sp³-hybridized carbons (Fsp3) is 0.750. The van der Waals surface area contributed by atoms with E-state index < -0.39 is 5.79 Å². The Kier molecular flexibility index (Phi) is 5.25. The zero-order valence-corrected chi connectivity index (χ0v) is 19.6. The summed E-state index contributed by atoms with van der Waals surface area (Å²) in [5.74, 6) is -0.528. The van der Waals surface area contributed by atoms with Crippen LogP contribution in [-0.2, 0) is 5.43 Å². The molecular weight excluding hydrogens is 498 g/mol. The maximum atomic E-state index is 15.5. The second kappa shape index (κ2) is 5.68. The van der Waals surface area contributed by atoms with Gasteiger partial charge in [0.05, 0.1) is 0 Å². The van der Waals surface area contributed by atoms with Crippen molar-refractivity contribution in [2.45, 2.75) is 50.1 Å². The van der Waals surface area contributed by atoms with Crippen LogP contribution in [0.2, 0.25) is 0 Å². The van der Waals surface area contributed by atoms with Gasteiger partial charge >= 0.3 is 178 Å². The van der Waals surface area contributed by atoms with Crippen molar-refractivity contribution in [3.8, 4) is 0 Å². The number of halogens is 3. The average molecular weight is 515 g/mol. The van der Waals surface area contributed by atoms with Crippen molar-refractivity contribution in [3.63, 3.8) is 0 Å². The standard InChI is InChI=1S/C12H17FI2N3.K/c1-6(2)18-11(15)7(3)17-8(4)16-10(14)9(17)12(18,5)13;/h6,11H,1-5H3;. The van der Waals surface area contributed by atoms with Gasteiger partial charge in [0.15, 0.2) is 0 Å². The molecule has 1 aliphatic rings. The summed E-state index contributed by atoms with van der Waals surface area (Å²) in [6.45, 7) is 10.0. The average Bonchev–Trinajstić information content (AvgIpc) is 2.52. The van der Waals surface area contributed by atoms with Crippen molar-refractivity contribution in [2.24, 2.45) is 0 Å². The first-order valence-electron chi connectivity index (χ1n) is 6.40.